The molecular weight excluding hydrogens is 428 g/mol. The normalized spacial score (nSPS) is 18.4. The van der Waals surface area contributed by atoms with Crippen LogP contribution >= 0.6 is 0 Å². The Kier molecular flexibility index (Phi) is 6.62. The van der Waals surface area contributed by atoms with Crippen LogP contribution in [0.1, 0.15) is 44.2 Å². The van der Waals surface area contributed by atoms with Gasteiger partial charge < -0.3 is 15.4 Å². The number of pyridine rings is 1. The maximum absolute atomic E-state index is 5.87. The van der Waals surface area contributed by atoms with Crippen molar-refractivity contribution in [3.05, 3.63) is 48.6 Å². The van der Waals surface area contributed by atoms with E-state index in [1.807, 2.05) is 37.6 Å². The van der Waals surface area contributed by atoms with Crippen molar-refractivity contribution in [2.24, 2.45) is 5.92 Å². The van der Waals surface area contributed by atoms with Gasteiger partial charge in [0.25, 0.3) is 6.01 Å². The highest BCUT2D eigenvalue weighted by molar-refractivity contribution is 5.72. The van der Waals surface area contributed by atoms with Crippen LogP contribution in [0.15, 0.2) is 43.0 Å². The molecule has 0 unspecified atom stereocenters. The summed E-state index contributed by atoms with van der Waals surface area (Å²) in [6, 6.07) is 4.96. The number of ether oxygens (including phenoxy) is 1. The van der Waals surface area contributed by atoms with E-state index in [1.165, 1.54) is 5.70 Å². The quantitative estimate of drug-likeness (QED) is 0.571. The van der Waals surface area contributed by atoms with E-state index in [4.69, 9.17) is 10.5 Å². The maximum Gasteiger partial charge on any atom is 0.298 e. The lowest BCUT2D eigenvalue weighted by Gasteiger charge is -2.40. The lowest BCUT2D eigenvalue weighted by Crippen LogP contribution is -2.40. The third kappa shape index (κ3) is 4.70. The van der Waals surface area contributed by atoms with Crippen molar-refractivity contribution in [3.8, 4) is 6.01 Å². The van der Waals surface area contributed by atoms with Gasteiger partial charge in [0.1, 0.15) is 5.52 Å². The molecule has 9 nitrogen and oxygen atoms in total. The fourth-order valence-corrected chi connectivity index (χ4v) is 5.27. The summed E-state index contributed by atoms with van der Waals surface area (Å²) >= 11 is 0. The van der Waals surface area contributed by atoms with Crippen LogP contribution in [0.2, 0.25) is 0 Å². The second kappa shape index (κ2) is 9.97. The molecule has 180 valence electrons. The molecule has 2 N–H and O–H groups in total. The van der Waals surface area contributed by atoms with Gasteiger partial charge in [-0.3, -0.25) is 9.47 Å². The summed E-state index contributed by atoms with van der Waals surface area (Å²) in [5, 5.41) is 0. The second-order valence-corrected chi connectivity index (χ2v) is 9.25. The predicted octanol–water partition coefficient (Wildman–Crippen LogP) is 3.27. The maximum atomic E-state index is 5.87. The number of imidazole rings is 1. The highest BCUT2D eigenvalue weighted by atomic mass is 16.5. The molecule has 5 heterocycles. The first-order chi connectivity index (χ1) is 16.6. The lowest BCUT2D eigenvalue weighted by atomic mass is 9.91. The van der Waals surface area contributed by atoms with E-state index in [0.29, 0.717) is 30.5 Å². The summed E-state index contributed by atoms with van der Waals surface area (Å²) in [6.45, 7) is 12.1. The Morgan fingerprint density at radius 1 is 1.09 bits per heavy atom. The van der Waals surface area contributed by atoms with Gasteiger partial charge in [0.2, 0.25) is 5.95 Å². The number of aromatic nitrogens is 5. The van der Waals surface area contributed by atoms with Crippen molar-refractivity contribution >= 4 is 17.1 Å². The number of hydrogen-bond donors (Lipinski definition) is 1. The standard InChI is InChI=1S/C25H34N8O/c1-3-34-25-30-22-5-4-10-27-23(22)33(25)21-8-13-32(14-9-21)18(2)20-6-11-31(12-7-20)17-19-15-28-24(26)29-16-19/h4-5,10,15-16,20-21H,2-3,6-9,11-14,17H2,1H3,(H2,26,28,29). The molecular formula is C25H34N8O. The first-order valence-corrected chi connectivity index (χ1v) is 12.3. The predicted molar refractivity (Wildman–Crippen MR) is 132 cm³/mol. The molecule has 0 atom stereocenters. The molecule has 3 aromatic rings. The minimum Gasteiger partial charge on any atom is -0.465 e. The SMILES string of the molecule is C=C(C1CCN(Cc2cnc(N)nc2)CC1)N1CCC(n2c(OCC)nc3cccnc32)CC1. The van der Waals surface area contributed by atoms with Gasteiger partial charge in [0.05, 0.1) is 6.61 Å². The summed E-state index contributed by atoms with van der Waals surface area (Å²) in [7, 11) is 0. The Morgan fingerprint density at radius 3 is 2.53 bits per heavy atom. The molecule has 0 saturated carbocycles. The van der Waals surface area contributed by atoms with E-state index in [-0.39, 0.29) is 0 Å². The number of likely N-dealkylation sites (tertiary alicyclic amines) is 2. The number of piperidine rings is 2. The molecule has 0 amide bonds. The zero-order valence-electron chi connectivity index (χ0n) is 19.9. The Labute approximate surface area is 200 Å². The fraction of sp³-hybridized carbons (Fsp3) is 0.520. The highest BCUT2D eigenvalue weighted by Gasteiger charge is 2.29. The smallest absolute Gasteiger partial charge is 0.298 e. The zero-order chi connectivity index (χ0) is 23.5. The van der Waals surface area contributed by atoms with Crippen LogP contribution in [-0.2, 0) is 6.54 Å². The van der Waals surface area contributed by atoms with Crippen molar-refractivity contribution in [2.75, 3.05) is 38.5 Å². The second-order valence-electron chi connectivity index (χ2n) is 9.25. The van der Waals surface area contributed by atoms with E-state index in [9.17, 15) is 0 Å². The van der Waals surface area contributed by atoms with Crippen molar-refractivity contribution in [3.63, 3.8) is 0 Å². The Hall–Kier alpha value is -3.20. The van der Waals surface area contributed by atoms with Gasteiger partial charge in [-0.25, -0.2) is 15.0 Å². The van der Waals surface area contributed by atoms with Gasteiger partial charge in [-0.1, -0.05) is 6.58 Å². The molecule has 0 bridgehead atoms. The molecule has 0 radical (unpaired) electrons. The topological polar surface area (TPSA) is 98.2 Å². The zero-order valence-corrected chi connectivity index (χ0v) is 19.9. The number of allylic oxidation sites excluding steroid dienone is 1. The van der Waals surface area contributed by atoms with E-state index in [1.54, 1.807) is 0 Å². The third-order valence-corrected chi connectivity index (χ3v) is 7.12. The number of anilines is 1. The van der Waals surface area contributed by atoms with Crippen LogP contribution in [0.25, 0.3) is 11.2 Å². The van der Waals surface area contributed by atoms with Crippen LogP contribution in [0.4, 0.5) is 5.95 Å². The van der Waals surface area contributed by atoms with Crippen molar-refractivity contribution < 1.29 is 4.74 Å². The van der Waals surface area contributed by atoms with Crippen molar-refractivity contribution in [2.45, 2.75) is 45.2 Å². The number of nitrogen functional groups attached to an aromatic ring is 1. The van der Waals surface area contributed by atoms with Crippen LogP contribution in [0.3, 0.4) is 0 Å². The van der Waals surface area contributed by atoms with Gasteiger partial charge in [-0.15, -0.1) is 0 Å². The average Bonchev–Trinajstić information content (AvgIpc) is 3.24. The fourth-order valence-electron chi connectivity index (χ4n) is 5.27. The minimum atomic E-state index is 0.328. The van der Waals surface area contributed by atoms with Gasteiger partial charge in [-0.2, -0.15) is 4.98 Å². The van der Waals surface area contributed by atoms with E-state index in [2.05, 4.69) is 40.9 Å². The summed E-state index contributed by atoms with van der Waals surface area (Å²) in [5.74, 6) is 0.874. The van der Waals surface area contributed by atoms with E-state index >= 15 is 0 Å². The largest absolute Gasteiger partial charge is 0.465 e. The first-order valence-electron chi connectivity index (χ1n) is 12.3. The summed E-state index contributed by atoms with van der Waals surface area (Å²) < 4.78 is 8.07. The molecule has 3 aromatic heterocycles. The van der Waals surface area contributed by atoms with Gasteiger partial charge in [0.15, 0.2) is 5.65 Å². The minimum absolute atomic E-state index is 0.328. The Balaban J connectivity index is 1.16. The van der Waals surface area contributed by atoms with Gasteiger partial charge >= 0.3 is 0 Å². The Morgan fingerprint density at radius 2 is 1.82 bits per heavy atom. The molecule has 2 fully saturated rings. The van der Waals surface area contributed by atoms with Gasteiger partial charge in [0, 0.05) is 61.4 Å². The van der Waals surface area contributed by atoms with E-state index in [0.717, 1.165) is 75.1 Å². The average molecular weight is 463 g/mol. The molecule has 0 aromatic carbocycles. The first kappa shape index (κ1) is 22.6. The molecule has 2 aliphatic heterocycles. The van der Waals surface area contributed by atoms with Crippen molar-refractivity contribution in [1.82, 2.24) is 34.3 Å². The molecule has 0 spiro atoms. The number of fused-ring (bicyclic) bond motifs is 1. The van der Waals surface area contributed by atoms with Crippen LogP contribution in [0, 0.1) is 5.92 Å². The molecule has 5 rings (SSSR count). The number of hydrogen-bond acceptors (Lipinski definition) is 8. The van der Waals surface area contributed by atoms with Crippen LogP contribution < -0.4 is 10.5 Å². The highest BCUT2D eigenvalue weighted by Crippen LogP contribution is 2.34. The van der Waals surface area contributed by atoms with E-state index < -0.39 is 0 Å². The lowest BCUT2D eigenvalue weighted by molar-refractivity contribution is 0.152. The summed E-state index contributed by atoms with van der Waals surface area (Å²) in [4.78, 5) is 22.5. The summed E-state index contributed by atoms with van der Waals surface area (Å²) in [5.41, 5.74) is 9.83. The summed E-state index contributed by atoms with van der Waals surface area (Å²) in [6.07, 6.45) is 9.84. The van der Waals surface area contributed by atoms with Crippen molar-refractivity contribution in [1.29, 1.82) is 0 Å². The number of nitrogens with two attached hydrogens (primary N) is 1. The molecule has 2 saturated heterocycles. The van der Waals surface area contributed by atoms with Crippen LogP contribution in [0.5, 0.6) is 6.01 Å². The molecule has 0 aliphatic carbocycles. The molecule has 34 heavy (non-hydrogen) atoms. The number of nitrogens with zero attached hydrogens (tertiary/aromatic N) is 7. The number of rotatable bonds is 7. The molecule has 9 heteroatoms. The Bertz CT molecular complexity index is 1110. The monoisotopic (exact) mass is 462 g/mol. The third-order valence-electron chi connectivity index (χ3n) is 7.12. The molecule has 2 aliphatic rings. The van der Waals surface area contributed by atoms with Crippen LogP contribution in [-0.4, -0.2) is 67.1 Å². The van der Waals surface area contributed by atoms with Gasteiger partial charge in [-0.05, 0) is 57.8 Å².